The second-order valence-corrected chi connectivity index (χ2v) is 5.89. The van der Waals surface area contributed by atoms with Crippen LogP contribution in [0.15, 0.2) is 0 Å². The third kappa shape index (κ3) is 4.71. The molecule has 2 N–H and O–H groups in total. The van der Waals surface area contributed by atoms with Gasteiger partial charge in [0, 0.05) is 31.2 Å². The van der Waals surface area contributed by atoms with Crippen LogP contribution in [0.2, 0.25) is 0 Å². The Balaban J connectivity index is 1.75. The Labute approximate surface area is 120 Å². The fraction of sp³-hybridized carbons (Fsp3) is 0.846. The minimum absolute atomic E-state index is 0.824. The number of nitrogens with zero attached hydrogens (tertiary/aromatic N) is 4. The van der Waals surface area contributed by atoms with Gasteiger partial charge in [0.15, 0.2) is 0 Å². The lowest BCUT2D eigenvalue weighted by molar-refractivity contribution is 0.286. The average molecular weight is 283 g/mol. The fourth-order valence-corrected chi connectivity index (χ4v) is 3.18. The highest BCUT2D eigenvalue weighted by Crippen LogP contribution is 2.18. The molecule has 0 atom stereocenters. The smallest absolute Gasteiger partial charge is 0.205 e. The molecule has 0 spiro atoms. The molecule has 1 fully saturated rings. The van der Waals surface area contributed by atoms with E-state index >= 15 is 0 Å². The zero-order chi connectivity index (χ0) is 13.5. The SMILES string of the molecule is Cc1nsc(N2CCCN(CCCCCN)CC2)n1. The highest BCUT2D eigenvalue weighted by molar-refractivity contribution is 7.09. The summed E-state index contributed by atoms with van der Waals surface area (Å²) >= 11 is 1.52. The molecule has 108 valence electrons. The van der Waals surface area contributed by atoms with E-state index in [2.05, 4.69) is 19.2 Å². The first-order chi connectivity index (χ1) is 9.29. The highest BCUT2D eigenvalue weighted by Gasteiger charge is 2.17. The number of hydrogen-bond donors (Lipinski definition) is 1. The van der Waals surface area contributed by atoms with Gasteiger partial charge in [0.25, 0.3) is 0 Å². The first-order valence-electron chi connectivity index (χ1n) is 7.27. The van der Waals surface area contributed by atoms with Crippen molar-refractivity contribution in [3.63, 3.8) is 0 Å². The molecular formula is C13H25N5S. The molecular weight excluding hydrogens is 258 g/mol. The second kappa shape index (κ2) is 7.77. The number of aromatic nitrogens is 2. The highest BCUT2D eigenvalue weighted by atomic mass is 32.1. The molecule has 0 saturated carbocycles. The van der Waals surface area contributed by atoms with Crippen LogP contribution < -0.4 is 10.6 Å². The molecule has 0 unspecified atom stereocenters. The molecule has 1 aliphatic heterocycles. The Bertz CT molecular complexity index is 368. The van der Waals surface area contributed by atoms with E-state index in [1.807, 2.05) is 6.92 Å². The fourth-order valence-electron chi connectivity index (χ4n) is 2.46. The molecule has 5 nitrogen and oxygen atoms in total. The van der Waals surface area contributed by atoms with Crippen LogP contribution in [-0.4, -0.2) is 53.5 Å². The van der Waals surface area contributed by atoms with Crippen molar-refractivity contribution < 1.29 is 0 Å². The molecule has 0 bridgehead atoms. The van der Waals surface area contributed by atoms with E-state index in [1.54, 1.807) is 0 Å². The van der Waals surface area contributed by atoms with Gasteiger partial charge in [0.1, 0.15) is 5.82 Å². The number of hydrogen-bond acceptors (Lipinski definition) is 6. The lowest BCUT2D eigenvalue weighted by Gasteiger charge is -2.21. The summed E-state index contributed by atoms with van der Waals surface area (Å²) in [7, 11) is 0. The molecule has 1 aromatic heterocycles. The van der Waals surface area contributed by atoms with Gasteiger partial charge in [-0.05, 0) is 45.8 Å². The quantitative estimate of drug-likeness (QED) is 0.802. The van der Waals surface area contributed by atoms with Gasteiger partial charge >= 0.3 is 0 Å². The van der Waals surface area contributed by atoms with E-state index in [-0.39, 0.29) is 0 Å². The maximum atomic E-state index is 5.53. The van der Waals surface area contributed by atoms with Crippen molar-refractivity contribution in [2.75, 3.05) is 44.2 Å². The maximum Gasteiger partial charge on any atom is 0.205 e. The van der Waals surface area contributed by atoms with E-state index in [0.29, 0.717) is 0 Å². The molecule has 1 aromatic rings. The third-order valence-corrected chi connectivity index (χ3v) is 4.42. The topological polar surface area (TPSA) is 58.3 Å². The molecule has 2 rings (SSSR count). The molecule has 0 amide bonds. The molecule has 6 heteroatoms. The Kier molecular flexibility index (Phi) is 6.00. The summed E-state index contributed by atoms with van der Waals surface area (Å²) in [5, 5.41) is 1.09. The maximum absolute atomic E-state index is 5.53. The number of nitrogens with two attached hydrogens (primary N) is 1. The lowest BCUT2D eigenvalue weighted by Crippen LogP contribution is -2.31. The van der Waals surface area contributed by atoms with Gasteiger partial charge in [-0.25, -0.2) is 4.98 Å². The number of rotatable bonds is 6. The van der Waals surface area contributed by atoms with Crippen LogP contribution in [0.5, 0.6) is 0 Å². The number of anilines is 1. The first kappa shape index (κ1) is 14.7. The summed E-state index contributed by atoms with van der Waals surface area (Å²) in [6.45, 7) is 8.52. The van der Waals surface area contributed by atoms with Crippen LogP contribution in [0.3, 0.4) is 0 Å². The van der Waals surface area contributed by atoms with E-state index in [4.69, 9.17) is 5.73 Å². The molecule has 0 aliphatic carbocycles. The van der Waals surface area contributed by atoms with Gasteiger partial charge in [0.2, 0.25) is 5.13 Å². The van der Waals surface area contributed by atoms with Crippen LogP contribution in [0.25, 0.3) is 0 Å². The molecule has 0 aromatic carbocycles. The largest absolute Gasteiger partial charge is 0.346 e. The summed E-state index contributed by atoms with van der Waals surface area (Å²) in [4.78, 5) is 9.44. The summed E-state index contributed by atoms with van der Waals surface area (Å²) in [6, 6.07) is 0. The van der Waals surface area contributed by atoms with Crippen LogP contribution in [0.4, 0.5) is 5.13 Å². The van der Waals surface area contributed by atoms with Crippen molar-refractivity contribution in [3.05, 3.63) is 5.82 Å². The van der Waals surface area contributed by atoms with Crippen LogP contribution >= 0.6 is 11.5 Å². The minimum atomic E-state index is 0.824. The summed E-state index contributed by atoms with van der Waals surface area (Å²) < 4.78 is 4.27. The van der Waals surface area contributed by atoms with E-state index in [0.717, 1.165) is 43.6 Å². The van der Waals surface area contributed by atoms with Crippen molar-refractivity contribution in [2.24, 2.45) is 5.73 Å². The lowest BCUT2D eigenvalue weighted by atomic mass is 10.2. The van der Waals surface area contributed by atoms with Gasteiger partial charge < -0.3 is 15.5 Å². The average Bonchev–Trinajstić information content (AvgIpc) is 2.71. The van der Waals surface area contributed by atoms with Crippen molar-refractivity contribution in [1.82, 2.24) is 14.3 Å². The van der Waals surface area contributed by atoms with Crippen molar-refractivity contribution in [3.8, 4) is 0 Å². The Morgan fingerprint density at radius 2 is 2.05 bits per heavy atom. The van der Waals surface area contributed by atoms with Gasteiger partial charge in [0.05, 0.1) is 0 Å². The van der Waals surface area contributed by atoms with Crippen molar-refractivity contribution >= 4 is 16.7 Å². The number of unbranched alkanes of at least 4 members (excludes halogenated alkanes) is 2. The van der Waals surface area contributed by atoms with Gasteiger partial charge in [-0.3, -0.25) is 0 Å². The van der Waals surface area contributed by atoms with E-state index in [9.17, 15) is 0 Å². The molecule has 2 heterocycles. The van der Waals surface area contributed by atoms with Crippen LogP contribution in [0.1, 0.15) is 31.5 Å². The predicted octanol–water partition coefficient (Wildman–Crippen LogP) is 1.49. The summed E-state index contributed by atoms with van der Waals surface area (Å²) in [5.74, 6) is 0.892. The molecule has 0 radical (unpaired) electrons. The van der Waals surface area contributed by atoms with Gasteiger partial charge in [-0.2, -0.15) is 4.37 Å². The summed E-state index contributed by atoms with van der Waals surface area (Å²) in [5.41, 5.74) is 5.53. The van der Waals surface area contributed by atoms with Gasteiger partial charge in [-0.1, -0.05) is 6.42 Å². The van der Waals surface area contributed by atoms with Gasteiger partial charge in [-0.15, -0.1) is 0 Å². The van der Waals surface area contributed by atoms with Crippen LogP contribution in [0, 0.1) is 6.92 Å². The Morgan fingerprint density at radius 3 is 2.79 bits per heavy atom. The second-order valence-electron chi connectivity index (χ2n) is 5.16. The van der Waals surface area contributed by atoms with Crippen molar-refractivity contribution in [2.45, 2.75) is 32.6 Å². The molecule has 19 heavy (non-hydrogen) atoms. The monoisotopic (exact) mass is 283 g/mol. The zero-order valence-corrected chi connectivity index (χ0v) is 12.7. The van der Waals surface area contributed by atoms with Crippen molar-refractivity contribution in [1.29, 1.82) is 0 Å². The minimum Gasteiger partial charge on any atom is -0.346 e. The third-order valence-electron chi connectivity index (χ3n) is 3.55. The summed E-state index contributed by atoms with van der Waals surface area (Å²) in [6.07, 6.45) is 4.90. The Hall–Kier alpha value is -0.720. The van der Waals surface area contributed by atoms with Crippen LogP contribution in [-0.2, 0) is 0 Å². The predicted molar refractivity (Wildman–Crippen MR) is 80.8 cm³/mol. The molecule has 1 aliphatic rings. The van der Waals surface area contributed by atoms with E-state index in [1.165, 1.54) is 43.9 Å². The van der Waals surface area contributed by atoms with E-state index < -0.39 is 0 Å². The normalized spacial score (nSPS) is 17.7. The standard InChI is InChI=1S/C13H25N5S/c1-12-15-13(19-16-12)18-9-5-8-17(10-11-18)7-4-2-3-6-14/h2-11,14H2,1H3. The number of aryl methyl sites for hydroxylation is 1. The Morgan fingerprint density at radius 1 is 1.16 bits per heavy atom. The first-order valence-corrected chi connectivity index (χ1v) is 8.04. The molecule has 1 saturated heterocycles. The zero-order valence-electron chi connectivity index (χ0n) is 11.8.